The largest absolute Gasteiger partial charge is 0.359 e. The van der Waals surface area contributed by atoms with E-state index in [1.807, 2.05) is 43.5 Å². The van der Waals surface area contributed by atoms with Crippen LogP contribution in [0.4, 0.5) is 0 Å². The molecule has 0 saturated carbocycles. The normalized spacial score (nSPS) is 10.8. The number of nitrogens with zero attached hydrogens (tertiary/aromatic N) is 4. The van der Waals surface area contributed by atoms with Crippen LogP contribution >= 0.6 is 11.3 Å². The van der Waals surface area contributed by atoms with Crippen LogP contribution in [0.3, 0.4) is 0 Å². The molecule has 1 aromatic carbocycles. The van der Waals surface area contributed by atoms with E-state index in [0.717, 1.165) is 22.0 Å². The molecule has 0 aliphatic rings. The van der Waals surface area contributed by atoms with Crippen molar-refractivity contribution in [3.63, 3.8) is 0 Å². The van der Waals surface area contributed by atoms with Crippen LogP contribution in [0, 0.1) is 6.92 Å². The van der Waals surface area contributed by atoms with Crippen molar-refractivity contribution in [2.75, 3.05) is 0 Å². The second-order valence-electron chi connectivity index (χ2n) is 5.66. The smallest absolute Gasteiger partial charge is 0.271 e. The zero-order valence-electron chi connectivity index (χ0n) is 13.9. The third-order valence-corrected chi connectivity index (χ3v) is 4.58. The SMILES string of the molecule is Cc1cc(CNC(=O)c2csc(-c3cnn(-c4ccccc4)c3)n2)on1. The molecule has 7 nitrogen and oxygen atoms in total. The van der Waals surface area contributed by atoms with Gasteiger partial charge in [0.1, 0.15) is 10.7 Å². The van der Waals surface area contributed by atoms with E-state index >= 15 is 0 Å². The van der Waals surface area contributed by atoms with Crippen molar-refractivity contribution in [2.45, 2.75) is 13.5 Å². The van der Waals surface area contributed by atoms with Crippen LogP contribution in [0.2, 0.25) is 0 Å². The number of rotatable bonds is 5. The zero-order valence-corrected chi connectivity index (χ0v) is 14.7. The van der Waals surface area contributed by atoms with Crippen molar-refractivity contribution in [3.05, 3.63) is 71.3 Å². The van der Waals surface area contributed by atoms with Gasteiger partial charge in [0.25, 0.3) is 5.91 Å². The van der Waals surface area contributed by atoms with Crippen LogP contribution in [0.15, 0.2) is 58.7 Å². The number of thiazole rings is 1. The zero-order chi connectivity index (χ0) is 17.9. The number of aryl methyl sites for hydroxylation is 1. The summed E-state index contributed by atoms with van der Waals surface area (Å²) in [5.74, 6) is 0.354. The van der Waals surface area contributed by atoms with E-state index in [9.17, 15) is 4.79 Å². The van der Waals surface area contributed by atoms with E-state index < -0.39 is 0 Å². The van der Waals surface area contributed by atoms with Crippen LogP contribution in [-0.2, 0) is 6.54 Å². The number of benzene rings is 1. The molecule has 0 aliphatic carbocycles. The van der Waals surface area contributed by atoms with Crippen molar-refractivity contribution in [1.82, 2.24) is 25.2 Å². The lowest BCUT2D eigenvalue weighted by atomic mass is 10.3. The Balaban J connectivity index is 1.46. The number of carbonyl (C=O) groups is 1. The van der Waals surface area contributed by atoms with Crippen LogP contribution in [0.25, 0.3) is 16.3 Å². The third kappa shape index (κ3) is 3.40. The minimum atomic E-state index is -0.253. The maximum atomic E-state index is 12.2. The van der Waals surface area contributed by atoms with Gasteiger partial charge in [0.15, 0.2) is 5.76 Å². The average molecular weight is 365 g/mol. The quantitative estimate of drug-likeness (QED) is 0.587. The molecule has 0 saturated heterocycles. The second kappa shape index (κ2) is 6.93. The summed E-state index contributed by atoms with van der Waals surface area (Å²) in [7, 11) is 0. The van der Waals surface area contributed by atoms with Gasteiger partial charge in [0.2, 0.25) is 0 Å². The molecular weight excluding hydrogens is 350 g/mol. The van der Waals surface area contributed by atoms with Gasteiger partial charge in [0, 0.05) is 23.2 Å². The molecular formula is C18H15N5O2S. The van der Waals surface area contributed by atoms with Crippen molar-refractivity contribution in [2.24, 2.45) is 0 Å². The predicted octanol–water partition coefficient (Wildman–Crippen LogP) is 3.22. The lowest BCUT2D eigenvalue weighted by Gasteiger charge is -1.99. The van der Waals surface area contributed by atoms with Crippen LogP contribution < -0.4 is 5.32 Å². The number of nitrogens with one attached hydrogen (secondary N) is 1. The Morgan fingerprint density at radius 3 is 2.92 bits per heavy atom. The third-order valence-electron chi connectivity index (χ3n) is 3.69. The molecule has 1 amide bonds. The Labute approximate surface area is 153 Å². The van der Waals surface area contributed by atoms with E-state index in [1.54, 1.807) is 22.3 Å². The van der Waals surface area contributed by atoms with Gasteiger partial charge in [-0.05, 0) is 19.1 Å². The summed E-state index contributed by atoms with van der Waals surface area (Å²) < 4.78 is 6.86. The van der Waals surface area contributed by atoms with E-state index in [1.165, 1.54) is 11.3 Å². The summed E-state index contributed by atoms with van der Waals surface area (Å²) >= 11 is 1.40. The molecule has 0 spiro atoms. The van der Waals surface area contributed by atoms with Gasteiger partial charge in [-0.3, -0.25) is 4.79 Å². The Morgan fingerprint density at radius 1 is 1.31 bits per heavy atom. The van der Waals surface area contributed by atoms with Crippen molar-refractivity contribution in [3.8, 4) is 16.3 Å². The summed E-state index contributed by atoms with van der Waals surface area (Å²) in [5.41, 5.74) is 2.98. The van der Waals surface area contributed by atoms with Gasteiger partial charge in [-0.25, -0.2) is 9.67 Å². The highest BCUT2D eigenvalue weighted by atomic mass is 32.1. The first-order valence-corrected chi connectivity index (χ1v) is 8.83. The number of hydrogen-bond acceptors (Lipinski definition) is 6. The Hall–Kier alpha value is -3.26. The predicted molar refractivity (Wildman–Crippen MR) is 97.1 cm³/mol. The lowest BCUT2D eigenvalue weighted by Crippen LogP contribution is -2.22. The molecule has 1 N–H and O–H groups in total. The molecule has 4 rings (SSSR count). The molecule has 8 heteroatoms. The van der Waals surface area contributed by atoms with Crippen molar-refractivity contribution < 1.29 is 9.32 Å². The Morgan fingerprint density at radius 2 is 2.15 bits per heavy atom. The molecule has 0 unspecified atom stereocenters. The molecule has 3 aromatic heterocycles. The first-order chi connectivity index (χ1) is 12.7. The number of para-hydroxylation sites is 1. The standard InChI is InChI=1S/C18H15N5O2S/c1-12-7-15(25-22-12)9-19-17(24)16-11-26-18(21-16)13-8-20-23(10-13)14-5-3-2-4-6-14/h2-8,10-11H,9H2,1H3,(H,19,24). The van der Waals surface area contributed by atoms with Gasteiger partial charge in [0.05, 0.1) is 24.1 Å². The molecule has 0 radical (unpaired) electrons. The molecule has 0 fully saturated rings. The summed E-state index contributed by atoms with van der Waals surface area (Å²) in [6, 6.07) is 11.6. The summed E-state index contributed by atoms with van der Waals surface area (Å²) in [5, 5.41) is 13.4. The Kier molecular flexibility index (Phi) is 4.32. The fraction of sp³-hybridized carbons (Fsp3) is 0.111. The van der Waals surface area contributed by atoms with Crippen LogP contribution in [0.5, 0.6) is 0 Å². The molecule has 4 aromatic rings. The summed E-state index contributed by atoms with van der Waals surface area (Å²) in [6.45, 7) is 2.11. The van der Waals surface area contributed by atoms with E-state index in [2.05, 4.69) is 20.6 Å². The Bertz CT molecular complexity index is 1030. The fourth-order valence-electron chi connectivity index (χ4n) is 2.42. The maximum absolute atomic E-state index is 12.2. The van der Waals surface area contributed by atoms with Crippen molar-refractivity contribution >= 4 is 17.2 Å². The second-order valence-corrected chi connectivity index (χ2v) is 6.52. The first kappa shape index (κ1) is 16.2. The molecule has 3 heterocycles. The highest BCUT2D eigenvalue weighted by Crippen LogP contribution is 2.24. The molecule has 0 atom stereocenters. The molecule has 0 aliphatic heterocycles. The average Bonchev–Trinajstić information content (AvgIpc) is 3.40. The number of amides is 1. The first-order valence-electron chi connectivity index (χ1n) is 7.95. The molecule has 26 heavy (non-hydrogen) atoms. The van der Waals surface area contributed by atoms with Crippen LogP contribution in [-0.4, -0.2) is 25.8 Å². The highest BCUT2D eigenvalue weighted by Gasteiger charge is 2.14. The van der Waals surface area contributed by atoms with Gasteiger partial charge in [-0.15, -0.1) is 11.3 Å². The molecule has 130 valence electrons. The van der Waals surface area contributed by atoms with E-state index in [4.69, 9.17) is 4.52 Å². The molecule has 0 bridgehead atoms. The van der Waals surface area contributed by atoms with E-state index in [-0.39, 0.29) is 12.5 Å². The number of hydrogen-bond donors (Lipinski definition) is 1. The van der Waals surface area contributed by atoms with E-state index in [0.29, 0.717) is 11.5 Å². The highest BCUT2D eigenvalue weighted by molar-refractivity contribution is 7.13. The number of carbonyl (C=O) groups excluding carboxylic acids is 1. The van der Waals surface area contributed by atoms with Gasteiger partial charge in [-0.1, -0.05) is 23.4 Å². The van der Waals surface area contributed by atoms with Crippen molar-refractivity contribution in [1.29, 1.82) is 0 Å². The summed E-state index contributed by atoms with van der Waals surface area (Å²) in [4.78, 5) is 16.7. The minimum Gasteiger partial charge on any atom is -0.359 e. The fourth-order valence-corrected chi connectivity index (χ4v) is 3.20. The van der Waals surface area contributed by atoms with Gasteiger partial charge >= 0.3 is 0 Å². The van der Waals surface area contributed by atoms with Gasteiger partial charge < -0.3 is 9.84 Å². The summed E-state index contributed by atoms with van der Waals surface area (Å²) in [6.07, 6.45) is 3.64. The van der Waals surface area contributed by atoms with Gasteiger partial charge in [-0.2, -0.15) is 5.10 Å². The minimum absolute atomic E-state index is 0.253. The topological polar surface area (TPSA) is 85.8 Å². The number of aromatic nitrogens is 4. The van der Waals surface area contributed by atoms with Crippen LogP contribution in [0.1, 0.15) is 21.9 Å². The lowest BCUT2D eigenvalue weighted by molar-refractivity contribution is 0.0943. The maximum Gasteiger partial charge on any atom is 0.271 e. The monoisotopic (exact) mass is 365 g/mol.